The number of benzene rings is 3. The van der Waals surface area contributed by atoms with Gasteiger partial charge in [-0.05, 0) is 59.9 Å². The number of halogens is 1. The monoisotopic (exact) mass is 553 g/mol. The van der Waals surface area contributed by atoms with E-state index in [4.69, 9.17) is 21.7 Å². The van der Waals surface area contributed by atoms with Crippen molar-refractivity contribution >= 4 is 17.2 Å². The van der Waals surface area contributed by atoms with Crippen molar-refractivity contribution in [1.29, 1.82) is 0 Å². The largest absolute Gasteiger partial charge is 0.255 e. The molecule has 0 unspecified atom stereocenters. The molecule has 0 atom stereocenters. The summed E-state index contributed by atoms with van der Waals surface area (Å²) < 4.78 is 2.03. The van der Waals surface area contributed by atoms with Gasteiger partial charge in [0.1, 0.15) is 5.54 Å². The molecular formula is C37H32ClN3. The van der Waals surface area contributed by atoms with E-state index in [0.29, 0.717) is 5.02 Å². The fourth-order valence-corrected chi connectivity index (χ4v) is 5.27. The van der Waals surface area contributed by atoms with Crippen molar-refractivity contribution in [3.05, 3.63) is 185 Å². The Morgan fingerprint density at radius 1 is 0.805 bits per heavy atom. The molecule has 0 amide bonds. The van der Waals surface area contributed by atoms with Crippen LogP contribution in [0.1, 0.15) is 34.9 Å². The van der Waals surface area contributed by atoms with Crippen molar-refractivity contribution in [2.45, 2.75) is 19.4 Å². The third-order valence-electron chi connectivity index (χ3n) is 7.27. The van der Waals surface area contributed by atoms with E-state index in [1.807, 2.05) is 85.4 Å². The smallest absolute Gasteiger partial charge is 0.137 e. The molecule has 5 rings (SSSR count). The lowest BCUT2D eigenvalue weighted by atomic mass is 9.77. The predicted molar refractivity (Wildman–Crippen MR) is 172 cm³/mol. The minimum atomic E-state index is -0.771. The molecule has 0 aliphatic carbocycles. The second-order valence-corrected chi connectivity index (χ2v) is 10.3. The molecule has 0 saturated heterocycles. The number of allylic oxidation sites excluding steroid dienone is 5. The molecule has 2 aromatic heterocycles. The molecule has 0 aliphatic rings. The number of pyridine rings is 1. The Hall–Kier alpha value is -4.73. The number of rotatable bonds is 9. The topological polar surface area (TPSA) is 30.7 Å². The van der Waals surface area contributed by atoms with Crippen LogP contribution in [0.5, 0.6) is 0 Å². The van der Waals surface area contributed by atoms with Crippen molar-refractivity contribution in [3.63, 3.8) is 0 Å². The average Bonchev–Trinajstić information content (AvgIpc) is 3.40. The lowest BCUT2D eigenvalue weighted by Gasteiger charge is -2.36. The summed E-state index contributed by atoms with van der Waals surface area (Å²) in [5.74, 6) is 0. The number of aryl methyl sites for hydroxylation is 1. The van der Waals surface area contributed by atoms with E-state index in [0.717, 1.165) is 50.4 Å². The van der Waals surface area contributed by atoms with Crippen LogP contribution in [0.4, 0.5) is 0 Å². The van der Waals surface area contributed by atoms with Gasteiger partial charge in [0, 0.05) is 28.5 Å². The van der Waals surface area contributed by atoms with Gasteiger partial charge in [-0.2, -0.15) is 5.10 Å². The summed E-state index contributed by atoms with van der Waals surface area (Å²) in [5.41, 5.74) is 7.78. The molecule has 0 fully saturated rings. The minimum absolute atomic E-state index is 0.699. The highest BCUT2D eigenvalue weighted by molar-refractivity contribution is 6.30. The van der Waals surface area contributed by atoms with Crippen LogP contribution in [0.3, 0.4) is 0 Å². The van der Waals surface area contributed by atoms with Gasteiger partial charge >= 0.3 is 0 Å². The van der Waals surface area contributed by atoms with Crippen molar-refractivity contribution in [2.75, 3.05) is 0 Å². The van der Waals surface area contributed by atoms with Crippen LogP contribution in [0.2, 0.25) is 5.02 Å². The summed E-state index contributed by atoms with van der Waals surface area (Å²) in [6.45, 7) is 12.9. The number of aromatic nitrogens is 3. The summed E-state index contributed by atoms with van der Waals surface area (Å²) in [6, 6.07) is 32.6. The van der Waals surface area contributed by atoms with Crippen molar-refractivity contribution in [1.82, 2.24) is 14.8 Å². The maximum Gasteiger partial charge on any atom is 0.137 e. The second kappa shape index (κ2) is 12.2. The molecule has 0 bridgehead atoms. The third kappa shape index (κ3) is 5.50. The number of hydrogen-bond donors (Lipinski definition) is 0. The highest BCUT2D eigenvalue weighted by atomic mass is 35.5. The van der Waals surface area contributed by atoms with Gasteiger partial charge in [-0.3, -0.25) is 9.67 Å². The highest BCUT2D eigenvalue weighted by Gasteiger charge is 2.39. The maximum absolute atomic E-state index is 6.07. The molecule has 0 saturated carbocycles. The first-order valence-electron chi connectivity index (χ1n) is 13.5. The zero-order valence-electron chi connectivity index (χ0n) is 23.3. The SMILES string of the molecule is C=C(c1ccc(Cl)cc1)c1ccc(-c2cn(C(C(=C)/C=C\C=C/C)(c3ccccc3)c3ccccc3)nc2C)nc1. The standard InChI is InChI=1S/C37H32ClN3/c1-5-6-9-14-27(2)37(32-15-10-7-11-16-32,33-17-12-8-13-18-33)41-26-35(29(4)40-41)36-24-21-31(25-39-36)28(3)30-19-22-34(38)23-20-30/h5-26H,2-3H2,1,4H3/b6-5-,14-9-. The van der Waals surface area contributed by atoms with Crippen LogP contribution < -0.4 is 0 Å². The van der Waals surface area contributed by atoms with E-state index in [9.17, 15) is 0 Å². The summed E-state index contributed by atoms with van der Waals surface area (Å²) >= 11 is 6.07. The van der Waals surface area contributed by atoms with E-state index in [1.54, 1.807) is 0 Å². The van der Waals surface area contributed by atoms with E-state index in [2.05, 4.69) is 80.0 Å². The number of hydrogen-bond acceptors (Lipinski definition) is 2. The minimum Gasteiger partial charge on any atom is -0.255 e. The molecule has 202 valence electrons. The molecule has 0 spiro atoms. The van der Waals surface area contributed by atoms with Gasteiger partial charge in [0.05, 0.1) is 11.4 Å². The van der Waals surface area contributed by atoms with Crippen LogP contribution in [0, 0.1) is 6.92 Å². The second-order valence-electron chi connectivity index (χ2n) is 9.84. The van der Waals surface area contributed by atoms with Crippen LogP contribution in [0.15, 0.2) is 152 Å². The van der Waals surface area contributed by atoms with E-state index in [1.165, 1.54) is 0 Å². The lowest BCUT2D eigenvalue weighted by Crippen LogP contribution is -2.38. The summed E-state index contributed by atoms with van der Waals surface area (Å²) in [7, 11) is 0. The van der Waals surface area contributed by atoms with Crippen molar-refractivity contribution in [2.24, 2.45) is 0 Å². The zero-order valence-corrected chi connectivity index (χ0v) is 24.1. The Kier molecular flexibility index (Phi) is 8.28. The van der Waals surface area contributed by atoms with Crippen molar-refractivity contribution in [3.8, 4) is 11.3 Å². The molecular weight excluding hydrogens is 522 g/mol. The molecule has 0 aliphatic heterocycles. The van der Waals surface area contributed by atoms with E-state index in [-0.39, 0.29) is 0 Å². The lowest BCUT2D eigenvalue weighted by molar-refractivity contribution is 0.458. The van der Waals surface area contributed by atoms with Gasteiger partial charge in [0.15, 0.2) is 0 Å². The Bertz CT molecular complexity index is 1670. The highest BCUT2D eigenvalue weighted by Crippen LogP contribution is 2.41. The molecule has 0 radical (unpaired) electrons. The Morgan fingerprint density at radius 3 is 1.98 bits per heavy atom. The quantitative estimate of drug-likeness (QED) is 0.170. The first-order chi connectivity index (χ1) is 19.9. The van der Waals surface area contributed by atoms with Gasteiger partial charge in [-0.15, -0.1) is 0 Å². The van der Waals surface area contributed by atoms with Crippen LogP contribution in [0.25, 0.3) is 16.8 Å². The third-order valence-corrected chi connectivity index (χ3v) is 7.52. The molecule has 0 N–H and O–H groups in total. The maximum atomic E-state index is 6.07. The van der Waals surface area contributed by atoms with Crippen molar-refractivity contribution < 1.29 is 0 Å². The normalized spacial score (nSPS) is 11.8. The van der Waals surface area contributed by atoms with Gasteiger partial charge in [-0.25, -0.2) is 0 Å². The summed E-state index contributed by atoms with van der Waals surface area (Å²) in [6.07, 6.45) is 12.0. The summed E-state index contributed by atoms with van der Waals surface area (Å²) in [5, 5.41) is 5.81. The molecule has 3 aromatic carbocycles. The zero-order chi connectivity index (χ0) is 28.8. The first kappa shape index (κ1) is 27.8. The fourth-order valence-electron chi connectivity index (χ4n) is 5.14. The van der Waals surface area contributed by atoms with Crippen LogP contribution in [-0.4, -0.2) is 14.8 Å². The fraction of sp³-hybridized carbons (Fsp3) is 0.0811. The first-order valence-corrected chi connectivity index (χ1v) is 13.9. The van der Waals surface area contributed by atoms with Crippen LogP contribution >= 0.6 is 11.6 Å². The van der Waals surface area contributed by atoms with Gasteiger partial charge in [0.25, 0.3) is 0 Å². The molecule has 2 heterocycles. The van der Waals surface area contributed by atoms with E-state index >= 15 is 0 Å². The van der Waals surface area contributed by atoms with E-state index < -0.39 is 5.54 Å². The Morgan fingerprint density at radius 2 is 1.41 bits per heavy atom. The molecule has 5 aromatic rings. The molecule has 4 heteroatoms. The predicted octanol–water partition coefficient (Wildman–Crippen LogP) is 9.45. The average molecular weight is 554 g/mol. The Labute approximate surface area is 247 Å². The van der Waals surface area contributed by atoms with Gasteiger partial charge in [0.2, 0.25) is 0 Å². The van der Waals surface area contributed by atoms with Gasteiger partial charge < -0.3 is 0 Å². The Balaban J connectivity index is 1.62. The van der Waals surface area contributed by atoms with Crippen LogP contribution in [-0.2, 0) is 5.54 Å². The molecule has 41 heavy (non-hydrogen) atoms. The summed E-state index contributed by atoms with van der Waals surface area (Å²) in [4.78, 5) is 4.83. The molecule has 3 nitrogen and oxygen atoms in total. The van der Waals surface area contributed by atoms with Gasteiger partial charge in [-0.1, -0.05) is 128 Å². The number of nitrogens with zero attached hydrogens (tertiary/aromatic N) is 3.